The minimum absolute atomic E-state index is 0.0129. The lowest BCUT2D eigenvalue weighted by Gasteiger charge is -2.13. The summed E-state index contributed by atoms with van der Waals surface area (Å²) in [5, 5.41) is 0. The first-order valence-corrected chi connectivity index (χ1v) is 42.1. The van der Waals surface area contributed by atoms with E-state index < -0.39 is 179 Å². The van der Waals surface area contributed by atoms with Crippen LogP contribution in [0.1, 0.15) is 62.9 Å². The molecule has 0 spiro atoms. The third-order valence-electron chi connectivity index (χ3n) is 17.5. The third-order valence-corrected chi connectivity index (χ3v) is 21.9. The molecule has 0 unspecified atom stereocenters. The number of pyridine rings is 6. The van der Waals surface area contributed by atoms with Crippen molar-refractivity contribution >= 4 is 199 Å². The van der Waals surface area contributed by atoms with Crippen LogP contribution < -0.4 is 62.8 Å². The number of rotatable bonds is 18. The Morgan fingerprint density at radius 1 is 0.256 bits per heavy atom. The summed E-state index contributed by atoms with van der Waals surface area (Å²) in [7, 11) is 14.0. The summed E-state index contributed by atoms with van der Waals surface area (Å²) in [6.45, 7) is 0. The predicted octanol–water partition coefficient (Wildman–Crippen LogP) is 18.3. The van der Waals surface area contributed by atoms with Gasteiger partial charge in [0, 0.05) is 48.6 Å². The molecule has 0 atom stereocenters. The van der Waals surface area contributed by atoms with Gasteiger partial charge in [-0.15, -0.1) is 0 Å². The first-order chi connectivity index (χ1) is 62.8. The van der Waals surface area contributed by atoms with Crippen LogP contribution in [0.5, 0.6) is 34.5 Å². The highest BCUT2D eigenvalue weighted by Crippen LogP contribution is 2.43. The molecule has 0 aliphatic carbocycles. The fourth-order valence-corrected chi connectivity index (χ4v) is 13.5. The molecule has 30 nitrogen and oxygen atoms in total. The van der Waals surface area contributed by atoms with E-state index >= 15 is 0 Å². The number of hydrogen-bond acceptors (Lipinski definition) is 30. The van der Waals surface area contributed by atoms with E-state index in [0.717, 1.165) is 83.7 Å². The van der Waals surface area contributed by atoms with Crippen LogP contribution in [0.2, 0.25) is 0 Å². The number of anilines is 6. The normalized spacial score (nSPS) is 10.4. The Labute approximate surface area is 821 Å². The van der Waals surface area contributed by atoms with Crippen LogP contribution in [0.15, 0.2) is 108 Å². The number of ether oxygens (including phenoxy) is 12. The molecule has 702 valence electrons. The lowest BCUT2D eigenvalue weighted by molar-refractivity contribution is 0.0581. The van der Waals surface area contributed by atoms with Crippen molar-refractivity contribution in [3.63, 3.8) is 0 Å². The van der Waals surface area contributed by atoms with Gasteiger partial charge in [0.1, 0.15) is 97.4 Å². The highest BCUT2D eigenvalue weighted by molar-refractivity contribution is 14.1. The Hall–Kier alpha value is -12.1. The molecule has 0 saturated carbocycles. The van der Waals surface area contributed by atoms with E-state index in [0.29, 0.717) is 17.2 Å². The van der Waals surface area contributed by atoms with E-state index in [9.17, 15) is 85.8 Å². The van der Waals surface area contributed by atoms with E-state index in [1.807, 2.05) is 22.6 Å². The van der Waals surface area contributed by atoms with Gasteiger partial charge >= 0.3 is 35.8 Å². The van der Waals surface area contributed by atoms with Crippen LogP contribution in [0.4, 0.5) is 91.2 Å². The zero-order chi connectivity index (χ0) is 99.5. The van der Waals surface area contributed by atoms with Gasteiger partial charge in [-0.1, -0.05) is 34.1 Å². The van der Waals surface area contributed by atoms with Crippen molar-refractivity contribution in [2.24, 2.45) is 0 Å². The zero-order valence-corrected chi connectivity index (χ0v) is 82.4. The molecular formula is C84H65BrF13I5N12O18. The van der Waals surface area contributed by atoms with Gasteiger partial charge in [-0.2, -0.15) is 0 Å². The second-order valence-electron chi connectivity index (χ2n) is 25.2. The van der Waals surface area contributed by atoms with Gasteiger partial charge in [0.05, 0.1) is 92.5 Å². The van der Waals surface area contributed by atoms with Crippen molar-refractivity contribution in [2.45, 2.75) is 0 Å². The standard InChI is InChI=1S/C14H11BrF2N2O3.2C14H10F3IN2O3.2C14H11F2IN2O3.C14H12FIN2O3/c1-21-13-10(18)9(17)11(19-12(13)14(20)22-2)7-4-3-6(15)5-8(7)16;1-22-13-10(19)9(17)11(20-12(13)14(21)23-2)5-3-7(16)8(18)4-6(5)15;1-22-13-10(19)9(17)11(20-12(13)14(21)23-2)5-3-4-6(18)8(16)7(5)15;1-21-13-10(18)9(16)11(19-12(13)14(20)22-2)6-3-4-8(17)7(15)5-6;1-21-13-10(18)9(16)11(19-12(13)14(20)22-2)7-4-3-6(17)5-8(7)15;1-20-13-10(17)9(15)11(18-12(13)14(19)21-2)7-3-5-8(16)6-4-7/h3-5H,1-2H3,(H2,18,19);2*3-4H,1-2H3,(H2,19,20);2*3-5H,1-2H3,(H2,18,19);3-6H,1-2H3,(H2,17,18). The van der Waals surface area contributed by atoms with Crippen molar-refractivity contribution in [1.29, 1.82) is 0 Å². The molecule has 6 heterocycles. The number of halogens is 19. The number of carbonyl (C=O) groups excluding carboxylic acids is 6. The predicted molar refractivity (Wildman–Crippen MR) is 503 cm³/mol. The van der Waals surface area contributed by atoms with E-state index in [1.54, 1.807) is 98.1 Å². The summed E-state index contributed by atoms with van der Waals surface area (Å²) >= 11 is 12.1. The average Bonchev–Trinajstić information content (AvgIpc) is 0.886. The Balaban J connectivity index is 0.000000218. The minimum atomic E-state index is -1.30. The van der Waals surface area contributed by atoms with Crippen LogP contribution in [0, 0.1) is 93.5 Å². The van der Waals surface area contributed by atoms with Gasteiger partial charge in [-0.3, -0.25) is 0 Å². The van der Waals surface area contributed by atoms with Gasteiger partial charge in [0.2, 0.25) is 0 Å². The molecule has 133 heavy (non-hydrogen) atoms. The third kappa shape index (κ3) is 24.3. The van der Waals surface area contributed by atoms with E-state index in [1.165, 1.54) is 78.0 Å². The number of nitrogens with zero attached hydrogens (tertiary/aromatic N) is 6. The van der Waals surface area contributed by atoms with Crippen LogP contribution in [-0.4, -0.2) is 151 Å². The number of esters is 6. The number of nitrogen functional groups attached to an aromatic ring is 6. The van der Waals surface area contributed by atoms with Crippen molar-refractivity contribution < 1.29 is 143 Å². The fourth-order valence-electron chi connectivity index (χ4n) is 11.2. The minimum Gasteiger partial charge on any atom is -0.492 e. The second kappa shape index (κ2) is 48.0. The van der Waals surface area contributed by atoms with Crippen molar-refractivity contribution in [2.75, 3.05) is 120 Å². The maximum Gasteiger partial charge on any atom is 0.360 e. The van der Waals surface area contributed by atoms with Crippen molar-refractivity contribution in [3.8, 4) is 102 Å². The molecule has 12 rings (SSSR count). The van der Waals surface area contributed by atoms with Crippen LogP contribution >= 0.6 is 129 Å². The molecule has 0 fully saturated rings. The summed E-state index contributed by atoms with van der Waals surface area (Å²) in [5.74, 6) is -18.7. The second-order valence-corrected chi connectivity index (χ2v) is 32.1. The number of aromatic nitrogens is 6. The number of hydrogen-bond donors (Lipinski definition) is 6. The summed E-state index contributed by atoms with van der Waals surface area (Å²) < 4.78 is 243. The SMILES string of the molecule is COC(=O)c1nc(-c2cc(F)c(I)cc2F)c(F)c(N)c1OC.COC(=O)c1nc(-c2ccc(Br)cc2F)c(F)c(N)c1OC.COC(=O)c1nc(-c2ccc(I)c(F)c2)c(F)c(N)c1OC.COC(=O)c1nc(-c2ccc(I)c(F)c2F)c(F)c(N)c1OC.COC(=O)c1nc(-c2ccc(I)cc2)c(F)c(N)c1OC.COC(=O)c1nc(-c2ccc(I)cc2F)c(F)c(N)c1OC. The molecule has 6 aromatic carbocycles. The lowest BCUT2D eigenvalue weighted by Crippen LogP contribution is -2.12. The smallest absolute Gasteiger partial charge is 0.360 e. The Kier molecular flexibility index (Phi) is 38.9. The average molecular weight is 2490 g/mol. The van der Waals surface area contributed by atoms with Crippen LogP contribution in [-0.2, 0) is 28.4 Å². The molecule has 0 aliphatic heterocycles. The van der Waals surface area contributed by atoms with E-state index in [2.05, 4.69) is 96.8 Å². The Bertz CT molecular complexity index is 6330. The van der Waals surface area contributed by atoms with Crippen molar-refractivity contribution in [1.82, 2.24) is 29.9 Å². The van der Waals surface area contributed by atoms with Gasteiger partial charge in [-0.05, 0) is 198 Å². The fraction of sp³-hybridized carbons (Fsp3) is 0.143. The maximum atomic E-state index is 14.4. The first-order valence-electron chi connectivity index (χ1n) is 35.9. The maximum absolute atomic E-state index is 14.4. The molecule has 0 aliphatic rings. The van der Waals surface area contributed by atoms with Crippen LogP contribution in [0.3, 0.4) is 0 Å². The van der Waals surface area contributed by atoms with Crippen molar-refractivity contribution in [3.05, 3.63) is 235 Å². The number of methoxy groups -OCH3 is 12. The van der Waals surface area contributed by atoms with E-state index in [4.69, 9.17) is 62.8 Å². The van der Waals surface area contributed by atoms with Gasteiger partial charge in [0.25, 0.3) is 0 Å². The molecule has 0 amide bonds. The van der Waals surface area contributed by atoms with E-state index in [-0.39, 0.29) is 104 Å². The number of nitrogens with two attached hydrogens (primary N) is 6. The molecule has 0 radical (unpaired) electrons. The molecule has 0 saturated heterocycles. The Morgan fingerprint density at radius 3 is 0.842 bits per heavy atom. The number of carbonyl (C=O) groups is 6. The lowest BCUT2D eigenvalue weighted by atomic mass is 10.1. The molecule has 12 N–H and O–H groups in total. The van der Waals surface area contributed by atoms with Crippen LogP contribution in [0.25, 0.3) is 67.5 Å². The molecule has 6 aromatic heterocycles. The monoisotopic (exact) mass is 2490 g/mol. The Morgan fingerprint density at radius 2 is 0.519 bits per heavy atom. The quantitative estimate of drug-likeness (QED) is 0.0116. The molecule has 0 bridgehead atoms. The first kappa shape index (κ1) is 108. The summed E-state index contributed by atoms with van der Waals surface area (Å²) in [6, 6.07) is 23.2. The molecular weight excluding hydrogens is 2430 g/mol. The topological polar surface area (TPSA) is 447 Å². The van der Waals surface area contributed by atoms with Gasteiger partial charge in [0.15, 0.2) is 115 Å². The highest BCUT2D eigenvalue weighted by atomic mass is 127. The number of benzene rings is 6. The summed E-state index contributed by atoms with van der Waals surface area (Å²) in [5.41, 5.74) is 26.3. The molecule has 12 aromatic rings. The highest BCUT2D eigenvalue weighted by Gasteiger charge is 2.34. The van der Waals surface area contributed by atoms with Gasteiger partial charge < -0.3 is 91.2 Å². The molecule has 49 heteroatoms. The summed E-state index contributed by atoms with van der Waals surface area (Å²) in [4.78, 5) is 93.4. The zero-order valence-electron chi connectivity index (χ0n) is 70.0. The summed E-state index contributed by atoms with van der Waals surface area (Å²) in [6.07, 6.45) is 0. The largest absolute Gasteiger partial charge is 0.492 e. The van der Waals surface area contributed by atoms with Gasteiger partial charge in [-0.25, -0.2) is 116 Å².